The summed E-state index contributed by atoms with van der Waals surface area (Å²) in [5.74, 6) is -1.36. The van der Waals surface area contributed by atoms with Crippen molar-refractivity contribution in [2.24, 2.45) is 0 Å². The van der Waals surface area contributed by atoms with Crippen molar-refractivity contribution < 1.29 is 9.53 Å². The normalized spacial score (nSPS) is 11.5. The first kappa shape index (κ1) is 11.2. The van der Waals surface area contributed by atoms with E-state index in [1.807, 2.05) is 13.0 Å². The Morgan fingerprint density at radius 3 is 3.00 bits per heavy atom. The molecule has 1 rings (SSSR count). The van der Waals surface area contributed by atoms with E-state index < -0.39 is 11.9 Å². The van der Waals surface area contributed by atoms with Gasteiger partial charge in [0.15, 0.2) is 5.92 Å². The molecule has 1 atom stereocenters. The number of pyridine rings is 1. The first-order valence-corrected chi connectivity index (χ1v) is 4.67. The molecule has 0 aliphatic heterocycles. The molecule has 15 heavy (non-hydrogen) atoms. The van der Waals surface area contributed by atoms with E-state index in [1.165, 1.54) is 0 Å². The average molecular weight is 204 g/mol. The average Bonchev–Trinajstić information content (AvgIpc) is 2.22. The van der Waals surface area contributed by atoms with Crippen molar-refractivity contribution in [1.82, 2.24) is 4.98 Å². The van der Waals surface area contributed by atoms with E-state index in [1.54, 1.807) is 25.4 Å². The number of aryl methyl sites for hydroxylation is 1. The molecule has 0 aliphatic carbocycles. The molecule has 0 radical (unpaired) electrons. The zero-order valence-electron chi connectivity index (χ0n) is 8.73. The van der Waals surface area contributed by atoms with E-state index in [0.717, 1.165) is 5.56 Å². The molecule has 1 unspecified atom stereocenters. The molecular formula is C11H12N2O2. The molecule has 0 amide bonds. The van der Waals surface area contributed by atoms with Crippen LogP contribution in [0.4, 0.5) is 0 Å². The van der Waals surface area contributed by atoms with Gasteiger partial charge in [-0.2, -0.15) is 5.26 Å². The molecule has 0 spiro atoms. The predicted octanol–water partition coefficient (Wildman–Crippen LogP) is 1.56. The Hall–Kier alpha value is -1.89. The summed E-state index contributed by atoms with van der Waals surface area (Å²) in [6.07, 6.45) is 3.19. The van der Waals surface area contributed by atoms with Crippen LogP contribution in [0.15, 0.2) is 18.5 Å². The summed E-state index contributed by atoms with van der Waals surface area (Å²) in [4.78, 5) is 15.4. The van der Waals surface area contributed by atoms with Crippen LogP contribution in [-0.2, 0) is 9.53 Å². The predicted molar refractivity (Wildman–Crippen MR) is 54.0 cm³/mol. The maximum absolute atomic E-state index is 11.5. The lowest BCUT2D eigenvalue weighted by molar-refractivity contribution is -0.143. The van der Waals surface area contributed by atoms with Gasteiger partial charge in [0.25, 0.3) is 0 Å². The second-order valence-corrected chi connectivity index (χ2v) is 3.05. The van der Waals surface area contributed by atoms with Crippen molar-refractivity contribution in [3.63, 3.8) is 0 Å². The van der Waals surface area contributed by atoms with Crippen LogP contribution in [0.1, 0.15) is 24.0 Å². The van der Waals surface area contributed by atoms with Crippen molar-refractivity contribution in [2.75, 3.05) is 6.61 Å². The van der Waals surface area contributed by atoms with Gasteiger partial charge in [0.1, 0.15) is 0 Å². The second kappa shape index (κ2) is 5.11. The fraction of sp³-hybridized carbons (Fsp3) is 0.364. The zero-order valence-corrected chi connectivity index (χ0v) is 8.73. The van der Waals surface area contributed by atoms with Gasteiger partial charge in [0, 0.05) is 12.4 Å². The lowest BCUT2D eigenvalue weighted by Crippen LogP contribution is -2.15. The van der Waals surface area contributed by atoms with Crippen LogP contribution < -0.4 is 0 Å². The SMILES string of the molecule is CCOC(=O)C(C#N)c1ccncc1C. The summed E-state index contributed by atoms with van der Waals surface area (Å²) in [5.41, 5.74) is 1.48. The standard InChI is InChI=1S/C11H12N2O2/c1-3-15-11(14)10(6-12)9-4-5-13-7-8(9)2/h4-5,7,10H,3H2,1-2H3. The number of ether oxygens (including phenoxy) is 1. The highest BCUT2D eigenvalue weighted by atomic mass is 16.5. The fourth-order valence-corrected chi connectivity index (χ4v) is 1.28. The molecular weight excluding hydrogens is 192 g/mol. The van der Waals surface area contributed by atoms with Gasteiger partial charge < -0.3 is 4.74 Å². The first-order valence-electron chi connectivity index (χ1n) is 4.67. The van der Waals surface area contributed by atoms with Gasteiger partial charge in [0.05, 0.1) is 12.7 Å². The Bertz CT molecular complexity index is 396. The Morgan fingerprint density at radius 2 is 2.47 bits per heavy atom. The van der Waals surface area contributed by atoms with Gasteiger partial charge in [-0.05, 0) is 31.0 Å². The minimum atomic E-state index is -0.854. The summed E-state index contributed by atoms with van der Waals surface area (Å²) >= 11 is 0. The topological polar surface area (TPSA) is 63.0 Å². The van der Waals surface area contributed by atoms with Crippen molar-refractivity contribution in [3.8, 4) is 6.07 Å². The lowest BCUT2D eigenvalue weighted by atomic mass is 9.98. The number of hydrogen-bond donors (Lipinski definition) is 0. The van der Waals surface area contributed by atoms with Crippen LogP contribution in [0.25, 0.3) is 0 Å². The summed E-state index contributed by atoms with van der Waals surface area (Å²) in [5, 5.41) is 8.93. The number of nitriles is 1. The van der Waals surface area contributed by atoms with Crippen molar-refractivity contribution in [3.05, 3.63) is 29.6 Å². The molecule has 78 valence electrons. The minimum Gasteiger partial charge on any atom is -0.465 e. The van der Waals surface area contributed by atoms with E-state index >= 15 is 0 Å². The van der Waals surface area contributed by atoms with Gasteiger partial charge >= 0.3 is 5.97 Å². The Labute approximate surface area is 88.5 Å². The molecule has 0 bridgehead atoms. The quantitative estimate of drug-likeness (QED) is 0.701. The summed E-state index contributed by atoms with van der Waals surface area (Å²) in [7, 11) is 0. The molecule has 0 fully saturated rings. The van der Waals surface area contributed by atoms with Crippen LogP contribution in [0, 0.1) is 18.3 Å². The van der Waals surface area contributed by atoms with Crippen LogP contribution in [0.5, 0.6) is 0 Å². The maximum Gasteiger partial charge on any atom is 0.327 e. The molecule has 1 aromatic heterocycles. The number of carbonyl (C=O) groups excluding carboxylic acids is 1. The Kier molecular flexibility index (Phi) is 3.81. The van der Waals surface area contributed by atoms with Crippen LogP contribution in [-0.4, -0.2) is 17.6 Å². The Morgan fingerprint density at radius 1 is 1.73 bits per heavy atom. The van der Waals surface area contributed by atoms with Crippen molar-refractivity contribution >= 4 is 5.97 Å². The third-order valence-corrected chi connectivity index (χ3v) is 2.03. The highest BCUT2D eigenvalue weighted by Crippen LogP contribution is 2.19. The van der Waals surface area contributed by atoms with Gasteiger partial charge in [-0.15, -0.1) is 0 Å². The Balaban J connectivity index is 2.99. The fourth-order valence-electron chi connectivity index (χ4n) is 1.28. The third-order valence-electron chi connectivity index (χ3n) is 2.03. The van der Waals surface area contributed by atoms with E-state index in [-0.39, 0.29) is 6.61 Å². The van der Waals surface area contributed by atoms with Gasteiger partial charge in [-0.1, -0.05) is 0 Å². The molecule has 4 nitrogen and oxygen atoms in total. The maximum atomic E-state index is 11.5. The highest BCUT2D eigenvalue weighted by molar-refractivity contribution is 5.81. The van der Waals surface area contributed by atoms with E-state index in [4.69, 9.17) is 10.00 Å². The number of aromatic nitrogens is 1. The number of esters is 1. The number of carbonyl (C=O) groups is 1. The van der Waals surface area contributed by atoms with Gasteiger partial charge in [0.2, 0.25) is 0 Å². The summed E-state index contributed by atoms with van der Waals surface area (Å²) in [6, 6.07) is 3.61. The van der Waals surface area contributed by atoms with Crippen molar-refractivity contribution in [1.29, 1.82) is 5.26 Å². The smallest absolute Gasteiger partial charge is 0.327 e. The lowest BCUT2D eigenvalue weighted by Gasteiger charge is -2.10. The van der Waals surface area contributed by atoms with Crippen LogP contribution in [0.3, 0.4) is 0 Å². The minimum absolute atomic E-state index is 0.279. The third kappa shape index (κ3) is 2.53. The highest BCUT2D eigenvalue weighted by Gasteiger charge is 2.22. The van der Waals surface area contributed by atoms with E-state index in [2.05, 4.69) is 4.98 Å². The van der Waals surface area contributed by atoms with Gasteiger partial charge in [-0.3, -0.25) is 9.78 Å². The molecule has 0 aromatic carbocycles. The first-order chi connectivity index (χ1) is 7.20. The molecule has 1 heterocycles. The number of hydrogen-bond acceptors (Lipinski definition) is 4. The second-order valence-electron chi connectivity index (χ2n) is 3.05. The number of nitrogens with zero attached hydrogens (tertiary/aromatic N) is 2. The van der Waals surface area contributed by atoms with Crippen molar-refractivity contribution in [2.45, 2.75) is 19.8 Å². The largest absolute Gasteiger partial charge is 0.465 e. The molecule has 0 saturated carbocycles. The van der Waals surface area contributed by atoms with E-state index in [9.17, 15) is 4.79 Å². The van der Waals surface area contributed by atoms with Gasteiger partial charge in [-0.25, -0.2) is 0 Å². The van der Waals surface area contributed by atoms with E-state index in [0.29, 0.717) is 5.56 Å². The summed E-state index contributed by atoms with van der Waals surface area (Å²) < 4.78 is 4.82. The van der Waals surface area contributed by atoms with Crippen LogP contribution >= 0.6 is 0 Å². The summed E-state index contributed by atoms with van der Waals surface area (Å²) in [6.45, 7) is 3.80. The molecule has 1 aromatic rings. The molecule has 4 heteroatoms. The zero-order chi connectivity index (χ0) is 11.3. The number of rotatable bonds is 3. The van der Waals surface area contributed by atoms with Crippen LogP contribution in [0.2, 0.25) is 0 Å². The monoisotopic (exact) mass is 204 g/mol. The molecule has 0 saturated heterocycles. The molecule has 0 aliphatic rings. The molecule has 0 N–H and O–H groups in total.